The highest BCUT2D eigenvalue weighted by Gasteiger charge is 2.27. The van der Waals surface area contributed by atoms with Crippen LogP contribution in [0.1, 0.15) is 42.7 Å². The molecule has 0 radical (unpaired) electrons. The molecule has 2 aliphatic rings. The van der Waals surface area contributed by atoms with Crippen LogP contribution in [-0.2, 0) is 17.7 Å². The van der Waals surface area contributed by atoms with Crippen molar-refractivity contribution in [2.24, 2.45) is 0 Å². The monoisotopic (exact) mass is 276 g/mol. The van der Waals surface area contributed by atoms with Crippen LogP contribution in [0, 0.1) is 6.92 Å². The third-order valence-corrected chi connectivity index (χ3v) is 4.27. The van der Waals surface area contributed by atoms with Gasteiger partial charge < -0.3 is 10.1 Å². The number of morpholine rings is 1. The molecule has 3 rings (SSSR count). The molecule has 0 aromatic carbocycles. The van der Waals surface area contributed by atoms with Gasteiger partial charge in [0.25, 0.3) is 0 Å². The van der Waals surface area contributed by atoms with E-state index in [-0.39, 0.29) is 6.10 Å². The van der Waals surface area contributed by atoms with Crippen LogP contribution in [0.15, 0.2) is 0 Å². The van der Waals surface area contributed by atoms with E-state index in [0.717, 1.165) is 50.7 Å². The SMILES string of the molecule is Cc1nc(C2CN(C(C)C)CCO2)nc2c1CNCC2. The molecule has 1 aromatic heterocycles. The lowest BCUT2D eigenvalue weighted by Gasteiger charge is -2.35. The fraction of sp³-hybridized carbons (Fsp3) is 0.733. The number of ether oxygens (including phenoxy) is 1. The van der Waals surface area contributed by atoms with Crippen molar-refractivity contribution < 1.29 is 4.74 Å². The molecule has 110 valence electrons. The van der Waals surface area contributed by atoms with Gasteiger partial charge in [-0.25, -0.2) is 9.97 Å². The van der Waals surface area contributed by atoms with Crippen molar-refractivity contribution >= 4 is 0 Å². The van der Waals surface area contributed by atoms with Crippen LogP contribution in [0.5, 0.6) is 0 Å². The van der Waals surface area contributed by atoms with Gasteiger partial charge in [-0.05, 0) is 20.8 Å². The van der Waals surface area contributed by atoms with Gasteiger partial charge in [-0.1, -0.05) is 0 Å². The van der Waals surface area contributed by atoms with Gasteiger partial charge in [-0.2, -0.15) is 0 Å². The quantitative estimate of drug-likeness (QED) is 0.880. The lowest BCUT2D eigenvalue weighted by molar-refractivity contribution is -0.0444. The summed E-state index contributed by atoms with van der Waals surface area (Å²) in [5.74, 6) is 0.869. The number of aryl methyl sites for hydroxylation is 1. The standard InChI is InChI=1S/C15H24N4O/c1-10(2)19-6-7-20-14(9-19)15-17-11(3)12-8-16-5-4-13(12)18-15/h10,14,16H,4-9H2,1-3H3. The van der Waals surface area contributed by atoms with Gasteiger partial charge in [0.2, 0.25) is 0 Å². The van der Waals surface area contributed by atoms with Gasteiger partial charge in [0.05, 0.1) is 12.3 Å². The van der Waals surface area contributed by atoms with E-state index in [4.69, 9.17) is 14.7 Å². The van der Waals surface area contributed by atoms with Crippen molar-refractivity contribution in [1.82, 2.24) is 20.2 Å². The van der Waals surface area contributed by atoms with Gasteiger partial charge in [0.1, 0.15) is 6.10 Å². The number of fused-ring (bicyclic) bond motifs is 1. The Balaban J connectivity index is 1.84. The van der Waals surface area contributed by atoms with E-state index >= 15 is 0 Å². The molecule has 0 amide bonds. The van der Waals surface area contributed by atoms with Crippen LogP contribution in [0.4, 0.5) is 0 Å². The highest BCUT2D eigenvalue weighted by atomic mass is 16.5. The van der Waals surface area contributed by atoms with E-state index in [2.05, 4.69) is 31.0 Å². The third kappa shape index (κ3) is 2.71. The summed E-state index contributed by atoms with van der Waals surface area (Å²) in [6, 6.07) is 0.546. The van der Waals surface area contributed by atoms with Crippen LogP contribution < -0.4 is 5.32 Å². The Morgan fingerprint density at radius 3 is 3.00 bits per heavy atom. The zero-order valence-electron chi connectivity index (χ0n) is 12.6. The zero-order chi connectivity index (χ0) is 14.1. The first-order valence-electron chi connectivity index (χ1n) is 7.58. The molecular weight excluding hydrogens is 252 g/mol. The van der Waals surface area contributed by atoms with E-state index in [1.54, 1.807) is 0 Å². The van der Waals surface area contributed by atoms with Crippen molar-refractivity contribution in [3.8, 4) is 0 Å². The Labute approximate surface area is 120 Å². The molecule has 1 atom stereocenters. The minimum absolute atomic E-state index is 0.0186. The summed E-state index contributed by atoms with van der Waals surface area (Å²) in [6.07, 6.45) is 1.01. The van der Waals surface area contributed by atoms with Crippen LogP contribution in [-0.4, -0.2) is 47.2 Å². The molecule has 1 saturated heterocycles. The van der Waals surface area contributed by atoms with Crippen molar-refractivity contribution in [1.29, 1.82) is 0 Å². The van der Waals surface area contributed by atoms with Crippen molar-refractivity contribution in [3.05, 3.63) is 22.8 Å². The lowest BCUT2D eigenvalue weighted by atomic mass is 10.1. The third-order valence-electron chi connectivity index (χ3n) is 4.27. The van der Waals surface area contributed by atoms with E-state index in [1.165, 1.54) is 11.3 Å². The van der Waals surface area contributed by atoms with Crippen LogP contribution >= 0.6 is 0 Å². The maximum absolute atomic E-state index is 5.91. The van der Waals surface area contributed by atoms with Gasteiger partial charge >= 0.3 is 0 Å². The fourth-order valence-electron chi connectivity index (χ4n) is 2.97. The zero-order valence-corrected chi connectivity index (χ0v) is 12.6. The second-order valence-corrected chi connectivity index (χ2v) is 5.97. The Morgan fingerprint density at radius 1 is 1.35 bits per heavy atom. The molecule has 0 saturated carbocycles. The molecule has 0 aliphatic carbocycles. The number of rotatable bonds is 2. The average Bonchev–Trinajstić information content (AvgIpc) is 2.47. The van der Waals surface area contributed by atoms with E-state index in [9.17, 15) is 0 Å². The molecule has 5 nitrogen and oxygen atoms in total. The highest BCUT2D eigenvalue weighted by Crippen LogP contribution is 2.23. The summed E-state index contributed by atoms with van der Waals surface area (Å²) in [5, 5.41) is 3.38. The molecule has 5 heteroatoms. The second kappa shape index (κ2) is 5.76. The lowest BCUT2D eigenvalue weighted by Crippen LogP contribution is -2.43. The molecule has 0 bridgehead atoms. The summed E-state index contributed by atoms with van der Waals surface area (Å²) < 4.78 is 5.91. The normalized spacial score (nSPS) is 23.9. The van der Waals surface area contributed by atoms with Crippen molar-refractivity contribution in [2.45, 2.75) is 45.9 Å². The topological polar surface area (TPSA) is 50.3 Å². The molecule has 1 N–H and O–H groups in total. The van der Waals surface area contributed by atoms with Gasteiger partial charge in [0, 0.05) is 49.9 Å². The summed E-state index contributed by atoms with van der Waals surface area (Å²) in [5.41, 5.74) is 3.58. The van der Waals surface area contributed by atoms with E-state index in [1.807, 2.05) is 0 Å². The predicted molar refractivity (Wildman–Crippen MR) is 77.6 cm³/mol. The average molecular weight is 276 g/mol. The fourth-order valence-corrected chi connectivity index (χ4v) is 2.97. The molecule has 20 heavy (non-hydrogen) atoms. The first-order chi connectivity index (χ1) is 9.65. The molecular formula is C15H24N4O. The predicted octanol–water partition coefficient (Wildman–Crippen LogP) is 1.21. The minimum Gasteiger partial charge on any atom is -0.368 e. The number of aromatic nitrogens is 2. The van der Waals surface area contributed by atoms with Crippen LogP contribution in [0.25, 0.3) is 0 Å². The Kier molecular flexibility index (Phi) is 4.01. The summed E-state index contributed by atoms with van der Waals surface area (Å²) in [7, 11) is 0. The first kappa shape index (κ1) is 13.9. The molecule has 2 aliphatic heterocycles. The molecule has 1 unspecified atom stereocenters. The van der Waals surface area contributed by atoms with Gasteiger partial charge in [-0.3, -0.25) is 4.90 Å². The number of nitrogens with zero attached hydrogens (tertiary/aromatic N) is 3. The van der Waals surface area contributed by atoms with E-state index in [0.29, 0.717) is 6.04 Å². The molecule has 1 fully saturated rings. The summed E-state index contributed by atoms with van der Waals surface area (Å²) in [6.45, 7) is 11.1. The Morgan fingerprint density at radius 2 is 2.20 bits per heavy atom. The van der Waals surface area contributed by atoms with Crippen molar-refractivity contribution in [2.75, 3.05) is 26.2 Å². The number of nitrogens with one attached hydrogen (secondary N) is 1. The van der Waals surface area contributed by atoms with Crippen molar-refractivity contribution in [3.63, 3.8) is 0 Å². The largest absolute Gasteiger partial charge is 0.368 e. The number of hydrogen-bond donors (Lipinski definition) is 1. The van der Waals surface area contributed by atoms with E-state index < -0.39 is 0 Å². The molecule has 0 spiro atoms. The maximum atomic E-state index is 5.91. The minimum atomic E-state index is 0.0186. The summed E-state index contributed by atoms with van der Waals surface area (Å²) >= 11 is 0. The Hall–Kier alpha value is -1.04. The highest BCUT2D eigenvalue weighted by molar-refractivity contribution is 5.27. The van der Waals surface area contributed by atoms with Crippen LogP contribution in [0.2, 0.25) is 0 Å². The first-order valence-corrected chi connectivity index (χ1v) is 7.58. The smallest absolute Gasteiger partial charge is 0.158 e. The Bertz CT molecular complexity index is 489. The molecule has 3 heterocycles. The number of hydrogen-bond acceptors (Lipinski definition) is 5. The van der Waals surface area contributed by atoms with Gasteiger partial charge in [0.15, 0.2) is 5.82 Å². The van der Waals surface area contributed by atoms with Gasteiger partial charge in [-0.15, -0.1) is 0 Å². The maximum Gasteiger partial charge on any atom is 0.158 e. The second-order valence-electron chi connectivity index (χ2n) is 5.97. The molecule has 1 aromatic rings. The van der Waals surface area contributed by atoms with Crippen LogP contribution in [0.3, 0.4) is 0 Å². The summed E-state index contributed by atoms with van der Waals surface area (Å²) in [4.78, 5) is 11.9.